The first kappa shape index (κ1) is 37.5. The van der Waals surface area contributed by atoms with Gasteiger partial charge < -0.3 is 34.9 Å². The van der Waals surface area contributed by atoms with E-state index in [9.17, 15) is 19.2 Å². The number of amides is 2. The molecule has 1 aliphatic rings. The highest BCUT2D eigenvalue weighted by molar-refractivity contribution is 7.98. The quantitative estimate of drug-likeness (QED) is 0.182. The summed E-state index contributed by atoms with van der Waals surface area (Å²) in [6.45, 7) is 5.50. The second kappa shape index (κ2) is 16.9. The van der Waals surface area contributed by atoms with Crippen LogP contribution < -0.4 is 35.6 Å². The molecule has 12 nitrogen and oxygen atoms in total. The molecule has 49 heavy (non-hydrogen) atoms. The molecule has 2 atom stereocenters. The minimum absolute atomic E-state index is 0.183. The zero-order valence-corrected chi connectivity index (χ0v) is 30.7. The summed E-state index contributed by atoms with van der Waals surface area (Å²) in [5.74, 6) is 1.04. The highest BCUT2D eigenvalue weighted by atomic mass is 32.2. The van der Waals surface area contributed by atoms with Crippen molar-refractivity contribution in [2.45, 2.75) is 58.5 Å². The Balaban J connectivity index is 1.79. The number of rotatable bonds is 14. The highest BCUT2D eigenvalue weighted by Gasteiger charge is 2.30. The Hall–Kier alpha value is -4.30. The molecule has 0 unspecified atom stereocenters. The number of thioether (sulfide) groups is 1. The van der Waals surface area contributed by atoms with Crippen LogP contribution in [0.4, 0.5) is 10.8 Å². The van der Waals surface area contributed by atoms with Gasteiger partial charge in [0.15, 0.2) is 22.3 Å². The summed E-state index contributed by atoms with van der Waals surface area (Å²) >= 11 is 2.80. The monoisotopic (exact) mass is 712 g/mol. The van der Waals surface area contributed by atoms with E-state index < -0.39 is 24.0 Å². The highest BCUT2D eigenvalue weighted by Crippen LogP contribution is 2.50. The minimum Gasteiger partial charge on any atom is -0.493 e. The molecular weight excluding hydrogens is 669 g/mol. The van der Waals surface area contributed by atoms with Crippen LogP contribution >= 0.6 is 23.1 Å². The number of anilines is 2. The fourth-order valence-electron chi connectivity index (χ4n) is 5.88. The zero-order valence-electron chi connectivity index (χ0n) is 29.1. The van der Waals surface area contributed by atoms with Gasteiger partial charge in [-0.15, -0.1) is 11.3 Å². The SMILES string of the molecule is COC(=O)c1nc(NC(=O)[C@@H](CCSC)Nc2ccc3c(cc2=O)[C@@H](NC(C)=O)CCc2cc(OC)c(OC)c(OC)c2-3)sc1CC(C)C. The van der Waals surface area contributed by atoms with Crippen molar-refractivity contribution in [3.05, 3.63) is 56.2 Å². The number of fused-ring (bicyclic) bond motifs is 3. The average molecular weight is 713 g/mol. The van der Waals surface area contributed by atoms with Crippen molar-refractivity contribution in [2.75, 3.05) is 51.1 Å². The smallest absolute Gasteiger partial charge is 0.357 e. The molecule has 3 N–H and O–H groups in total. The molecule has 0 radical (unpaired) electrons. The van der Waals surface area contributed by atoms with E-state index in [1.807, 2.05) is 26.2 Å². The fraction of sp³-hybridized carbons (Fsp3) is 0.457. The lowest BCUT2D eigenvalue weighted by molar-refractivity contribution is -0.120. The number of ether oxygens (including phenoxy) is 4. The van der Waals surface area contributed by atoms with Crippen LogP contribution in [0, 0.1) is 5.92 Å². The number of aromatic nitrogens is 1. The average Bonchev–Trinajstić information content (AvgIpc) is 3.30. The Morgan fingerprint density at radius 2 is 1.80 bits per heavy atom. The lowest BCUT2D eigenvalue weighted by atomic mass is 9.95. The van der Waals surface area contributed by atoms with Crippen molar-refractivity contribution in [3.8, 4) is 28.4 Å². The van der Waals surface area contributed by atoms with E-state index in [1.165, 1.54) is 38.5 Å². The predicted molar refractivity (Wildman–Crippen MR) is 194 cm³/mol. The molecule has 0 saturated carbocycles. The molecule has 264 valence electrons. The second-order valence-corrected chi connectivity index (χ2v) is 14.0. The molecule has 0 aliphatic heterocycles. The molecule has 1 aliphatic carbocycles. The van der Waals surface area contributed by atoms with Crippen LogP contribution in [0.2, 0.25) is 0 Å². The molecule has 1 aromatic heterocycles. The van der Waals surface area contributed by atoms with Gasteiger partial charge in [-0.05, 0) is 78.5 Å². The summed E-state index contributed by atoms with van der Waals surface area (Å²) in [6, 6.07) is 5.57. The van der Waals surface area contributed by atoms with Crippen molar-refractivity contribution in [3.63, 3.8) is 0 Å². The van der Waals surface area contributed by atoms with Gasteiger partial charge in [0.05, 0.1) is 40.2 Å². The number of carbonyl (C=O) groups excluding carboxylic acids is 3. The van der Waals surface area contributed by atoms with Gasteiger partial charge in [-0.1, -0.05) is 19.9 Å². The molecule has 4 rings (SSSR count). The van der Waals surface area contributed by atoms with E-state index in [0.29, 0.717) is 59.8 Å². The Bertz CT molecular complexity index is 1760. The number of nitrogens with zero attached hydrogens (tertiary/aromatic N) is 1. The fourth-order valence-corrected chi connectivity index (χ4v) is 7.52. The zero-order chi connectivity index (χ0) is 35.8. The molecular formula is C35H44N4O8S2. The molecule has 0 spiro atoms. The first-order chi connectivity index (χ1) is 23.4. The number of thiazole rings is 1. The first-order valence-electron chi connectivity index (χ1n) is 15.9. The molecule has 2 amide bonds. The van der Waals surface area contributed by atoms with E-state index in [0.717, 1.165) is 16.0 Å². The van der Waals surface area contributed by atoms with Crippen molar-refractivity contribution < 1.29 is 33.3 Å². The minimum atomic E-state index is -0.807. The van der Waals surface area contributed by atoms with Gasteiger partial charge in [-0.3, -0.25) is 14.4 Å². The second-order valence-electron chi connectivity index (χ2n) is 11.9. The van der Waals surface area contributed by atoms with E-state index in [2.05, 4.69) is 20.9 Å². The van der Waals surface area contributed by atoms with Gasteiger partial charge in [0, 0.05) is 17.4 Å². The van der Waals surface area contributed by atoms with E-state index in [4.69, 9.17) is 18.9 Å². The summed E-state index contributed by atoms with van der Waals surface area (Å²) in [5, 5.41) is 9.31. The maximum atomic E-state index is 13.9. The van der Waals surface area contributed by atoms with Crippen molar-refractivity contribution in [2.24, 2.45) is 5.92 Å². The third-order valence-electron chi connectivity index (χ3n) is 8.07. The van der Waals surface area contributed by atoms with Crippen LogP contribution in [0.15, 0.2) is 29.1 Å². The van der Waals surface area contributed by atoms with Crippen LogP contribution in [-0.2, 0) is 27.2 Å². The van der Waals surface area contributed by atoms with Gasteiger partial charge in [-0.2, -0.15) is 11.8 Å². The van der Waals surface area contributed by atoms with Gasteiger partial charge in [0.1, 0.15) is 6.04 Å². The van der Waals surface area contributed by atoms with E-state index >= 15 is 0 Å². The number of methoxy groups -OCH3 is 4. The summed E-state index contributed by atoms with van der Waals surface area (Å²) in [7, 11) is 5.92. The standard InChI is InChI=1S/C35H44N4O8S2/c1-18(2)15-28-30(34(43)47-7)38-35(49-28)39-33(42)25(13-14-48-8)37-24-12-10-21-22(17-26(24)41)23(36-19(3)40)11-9-20-16-27(44-4)31(45-5)32(46-6)29(20)21/h10,12,16-18,23,25H,9,11,13-15H2,1-8H3,(H,36,40)(H,37,41)(H,38,39,42)/t23-,25+/m0/s1. The number of hydrogen-bond donors (Lipinski definition) is 3. The van der Waals surface area contributed by atoms with E-state index in [-0.39, 0.29) is 33.8 Å². The van der Waals surface area contributed by atoms with Crippen molar-refractivity contribution >= 4 is 51.7 Å². The molecule has 0 bridgehead atoms. The predicted octanol–water partition coefficient (Wildman–Crippen LogP) is 5.48. The normalized spacial score (nSPS) is 14.1. The molecule has 0 fully saturated rings. The maximum Gasteiger partial charge on any atom is 0.357 e. The van der Waals surface area contributed by atoms with Crippen LogP contribution in [0.25, 0.3) is 11.1 Å². The lowest BCUT2D eigenvalue weighted by Crippen LogP contribution is -2.36. The first-order valence-corrected chi connectivity index (χ1v) is 18.1. The third-order valence-corrected chi connectivity index (χ3v) is 9.71. The number of nitrogens with one attached hydrogen (secondary N) is 3. The van der Waals surface area contributed by atoms with Gasteiger partial charge in [-0.25, -0.2) is 9.78 Å². The Morgan fingerprint density at radius 3 is 2.41 bits per heavy atom. The van der Waals surface area contributed by atoms with Crippen LogP contribution in [-0.4, -0.2) is 69.3 Å². The summed E-state index contributed by atoms with van der Waals surface area (Å²) < 4.78 is 22.1. The summed E-state index contributed by atoms with van der Waals surface area (Å²) in [6.07, 6.45) is 4.03. The number of hydrogen-bond acceptors (Lipinski definition) is 12. The Labute approximate surface area is 294 Å². The lowest BCUT2D eigenvalue weighted by Gasteiger charge is -2.19. The van der Waals surface area contributed by atoms with Gasteiger partial charge in [0.25, 0.3) is 0 Å². The van der Waals surface area contributed by atoms with Crippen LogP contribution in [0.1, 0.15) is 66.1 Å². The molecule has 2 aromatic carbocycles. The van der Waals surface area contributed by atoms with Gasteiger partial charge >= 0.3 is 5.97 Å². The number of esters is 1. The molecule has 0 saturated heterocycles. The van der Waals surface area contributed by atoms with Gasteiger partial charge in [0.2, 0.25) is 23.0 Å². The maximum absolute atomic E-state index is 13.9. The largest absolute Gasteiger partial charge is 0.493 e. The number of carbonyl (C=O) groups is 3. The molecule has 3 aromatic rings. The number of aryl methyl sites for hydroxylation is 1. The molecule has 14 heteroatoms. The van der Waals surface area contributed by atoms with E-state index in [1.54, 1.807) is 38.1 Å². The van der Waals surface area contributed by atoms with Crippen LogP contribution in [0.5, 0.6) is 17.2 Å². The molecule has 1 heterocycles. The Kier molecular flexibility index (Phi) is 12.9. The van der Waals surface area contributed by atoms with Crippen molar-refractivity contribution in [1.82, 2.24) is 10.3 Å². The number of benzene rings is 1. The van der Waals surface area contributed by atoms with Crippen molar-refractivity contribution in [1.29, 1.82) is 0 Å². The Morgan fingerprint density at radius 1 is 1.06 bits per heavy atom. The van der Waals surface area contributed by atoms with Crippen LogP contribution in [0.3, 0.4) is 0 Å². The summed E-state index contributed by atoms with van der Waals surface area (Å²) in [5.41, 5.74) is 2.94. The topological polar surface area (TPSA) is 154 Å². The third kappa shape index (κ3) is 8.66. The summed E-state index contributed by atoms with van der Waals surface area (Å²) in [4.78, 5) is 57.5.